The van der Waals surface area contributed by atoms with Crippen molar-refractivity contribution in [3.8, 4) is 23.0 Å². The van der Waals surface area contributed by atoms with Crippen molar-refractivity contribution in [2.24, 2.45) is 0 Å². The molecule has 0 aliphatic heterocycles. The van der Waals surface area contributed by atoms with E-state index < -0.39 is 5.97 Å². The van der Waals surface area contributed by atoms with Crippen LogP contribution in [0.15, 0.2) is 40.8 Å². The number of carbonyl (C=O) groups is 1. The van der Waals surface area contributed by atoms with Crippen LogP contribution in [0.2, 0.25) is 0 Å². The highest BCUT2D eigenvalue weighted by Gasteiger charge is 2.19. The summed E-state index contributed by atoms with van der Waals surface area (Å²) in [5, 5.41) is 19.9. The van der Waals surface area contributed by atoms with Gasteiger partial charge in [0.05, 0.1) is 12.7 Å². The number of phenols is 2. The third-order valence-corrected chi connectivity index (χ3v) is 3.04. The number of fused-ring (bicyclic) bond motifs is 1. The van der Waals surface area contributed by atoms with Gasteiger partial charge in [-0.05, 0) is 24.3 Å². The third kappa shape index (κ3) is 2.16. The molecular weight excluding hydrogens is 274 g/mol. The Morgan fingerprint density at radius 2 is 1.95 bits per heavy atom. The van der Waals surface area contributed by atoms with Crippen LogP contribution >= 0.6 is 0 Å². The molecule has 0 aliphatic carbocycles. The number of carbonyl (C=O) groups excluding carboxylic acids is 1. The van der Waals surface area contributed by atoms with E-state index >= 15 is 0 Å². The molecule has 21 heavy (non-hydrogen) atoms. The smallest absolute Gasteiger partial charge is 0.341 e. The lowest BCUT2D eigenvalue weighted by molar-refractivity contribution is 0.0597. The number of para-hydroxylation sites is 2. The number of phenolic OH excluding ortho intramolecular Hbond substituents is 2. The van der Waals surface area contributed by atoms with Crippen LogP contribution in [0.4, 0.5) is 0 Å². The van der Waals surface area contributed by atoms with Gasteiger partial charge in [0.25, 0.3) is 0 Å². The van der Waals surface area contributed by atoms with Crippen molar-refractivity contribution in [1.29, 1.82) is 0 Å². The number of rotatable bonds is 2. The molecule has 0 fully saturated rings. The van der Waals surface area contributed by atoms with Crippen molar-refractivity contribution >= 4 is 17.1 Å². The molecule has 0 aliphatic rings. The van der Waals surface area contributed by atoms with Crippen LogP contribution in [0.1, 0.15) is 10.4 Å². The second-order valence-corrected chi connectivity index (χ2v) is 4.36. The molecule has 0 bridgehead atoms. The standard InChI is InChI=1S/C15H11NO5/c1-20-15(19)9-7-11(17)8(6-12(9)18)14-16-10-4-2-3-5-13(10)21-14/h2-7,17-18H,1H3. The monoisotopic (exact) mass is 285 g/mol. The molecule has 3 aromatic rings. The molecule has 6 nitrogen and oxygen atoms in total. The van der Waals surface area contributed by atoms with Gasteiger partial charge in [-0.15, -0.1) is 0 Å². The van der Waals surface area contributed by atoms with Crippen molar-refractivity contribution in [2.75, 3.05) is 7.11 Å². The number of hydrogen-bond donors (Lipinski definition) is 2. The average molecular weight is 285 g/mol. The Kier molecular flexibility index (Phi) is 2.98. The molecule has 3 rings (SSSR count). The minimum atomic E-state index is -0.744. The van der Waals surface area contributed by atoms with Crippen LogP contribution in [-0.4, -0.2) is 28.3 Å². The zero-order chi connectivity index (χ0) is 15.0. The summed E-state index contributed by atoms with van der Waals surface area (Å²) in [6.07, 6.45) is 0. The number of benzene rings is 2. The maximum absolute atomic E-state index is 11.4. The molecule has 1 aromatic heterocycles. The maximum atomic E-state index is 11.4. The zero-order valence-electron chi connectivity index (χ0n) is 11.0. The van der Waals surface area contributed by atoms with E-state index in [0.717, 1.165) is 6.07 Å². The minimum Gasteiger partial charge on any atom is -0.507 e. The fourth-order valence-corrected chi connectivity index (χ4v) is 2.01. The Morgan fingerprint density at radius 3 is 2.67 bits per heavy atom. The first-order valence-corrected chi connectivity index (χ1v) is 6.10. The molecule has 0 unspecified atom stereocenters. The summed E-state index contributed by atoms with van der Waals surface area (Å²) in [7, 11) is 1.19. The number of esters is 1. The van der Waals surface area contributed by atoms with Crippen molar-refractivity contribution < 1.29 is 24.2 Å². The van der Waals surface area contributed by atoms with Gasteiger partial charge in [-0.1, -0.05) is 12.1 Å². The first-order chi connectivity index (χ1) is 10.1. The summed E-state index contributed by atoms with van der Waals surface area (Å²) in [6.45, 7) is 0. The first kappa shape index (κ1) is 13.0. The van der Waals surface area contributed by atoms with Crippen LogP contribution < -0.4 is 0 Å². The summed E-state index contributed by atoms with van der Waals surface area (Å²) >= 11 is 0. The van der Waals surface area contributed by atoms with E-state index in [4.69, 9.17) is 4.42 Å². The molecule has 106 valence electrons. The summed E-state index contributed by atoms with van der Waals surface area (Å²) in [6, 6.07) is 9.45. The summed E-state index contributed by atoms with van der Waals surface area (Å²) in [5.74, 6) is -1.15. The molecule has 6 heteroatoms. The molecule has 0 saturated heterocycles. The van der Waals surface area contributed by atoms with Crippen molar-refractivity contribution in [1.82, 2.24) is 4.98 Å². The molecule has 2 aromatic carbocycles. The summed E-state index contributed by atoms with van der Waals surface area (Å²) in [5.41, 5.74) is 1.25. The van der Waals surface area contributed by atoms with E-state index in [-0.39, 0.29) is 28.5 Å². The van der Waals surface area contributed by atoms with Gasteiger partial charge in [-0.2, -0.15) is 0 Å². The number of methoxy groups -OCH3 is 1. The maximum Gasteiger partial charge on any atom is 0.341 e. The zero-order valence-corrected chi connectivity index (χ0v) is 11.0. The van der Waals surface area contributed by atoms with Crippen LogP contribution in [0.25, 0.3) is 22.6 Å². The Balaban J connectivity index is 2.14. The van der Waals surface area contributed by atoms with Crippen LogP contribution in [0, 0.1) is 0 Å². The highest BCUT2D eigenvalue weighted by molar-refractivity contribution is 5.94. The van der Waals surface area contributed by atoms with E-state index in [1.165, 1.54) is 13.2 Å². The van der Waals surface area contributed by atoms with E-state index in [1.54, 1.807) is 18.2 Å². The minimum absolute atomic E-state index is 0.130. The molecule has 0 saturated carbocycles. The van der Waals surface area contributed by atoms with Gasteiger partial charge >= 0.3 is 5.97 Å². The Hall–Kier alpha value is -3.02. The Bertz CT molecular complexity index is 804. The molecule has 0 radical (unpaired) electrons. The Labute approximate surface area is 119 Å². The molecule has 2 N–H and O–H groups in total. The Morgan fingerprint density at radius 1 is 1.19 bits per heavy atom. The van der Waals surface area contributed by atoms with Gasteiger partial charge in [-0.3, -0.25) is 0 Å². The lowest BCUT2D eigenvalue weighted by Crippen LogP contribution is -2.01. The fourth-order valence-electron chi connectivity index (χ4n) is 2.01. The highest BCUT2D eigenvalue weighted by atomic mass is 16.5. The quantitative estimate of drug-likeness (QED) is 0.555. The van der Waals surface area contributed by atoms with E-state index in [1.807, 2.05) is 6.07 Å². The highest BCUT2D eigenvalue weighted by Crippen LogP contribution is 2.36. The predicted octanol–water partition coefficient (Wildman–Crippen LogP) is 2.69. The SMILES string of the molecule is COC(=O)c1cc(O)c(-c2nc3ccccc3o2)cc1O. The summed E-state index contributed by atoms with van der Waals surface area (Å²) in [4.78, 5) is 15.7. The largest absolute Gasteiger partial charge is 0.507 e. The van der Waals surface area contributed by atoms with Gasteiger partial charge in [-0.25, -0.2) is 9.78 Å². The lowest BCUT2D eigenvalue weighted by atomic mass is 10.1. The topological polar surface area (TPSA) is 92.8 Å². The van der Waals surface area contributed by atoms with E-state index in [2.05, 4.69) is 9.72 Å². The number of aromatic hydroxyl groups is 2. The second kappa shape index (κ2) is 4.82. The molecule has 0 spiro atoms. The van der Waals surface area contributed by atoms with E-state index in [9.17, 15) is 15.0 Å². The summed E-state index contributed by atoms with van der Waals surface area (Å²) < 4.78 is 10.0. The number of oxazole rings is 1. The predicted molar refractivity (Wildman–Crippen MR) is 74.1 cm³/mol. The van der Waals surface area contributed by atoms with Gasteiger partial charge in [0.2, 0.25) is 5.89 Å². The first-order valence-electron chi connectivity index (χ1n) is 6.10. The van der Waals surface area contributed by atoms with Crippen LogP contribution in [0.3, 0.4) is 0 Å². The molecule has 1 heterocycles. The molecule has 0 atom stereocenters. The third-order valence-electron chi connectivity index (χ3n) is 3.04. The second-order valence-electron chi connectivity index (χ2n) is 4.36. The number of nitrogens with zero attached hydrogens (tertiary/aromatic N) is 1. The molecule has 0 amide bonds. The van der Waals surface area contributed by atoms with Crippen LogP contribution in [0.5, 0.6) is 11.5 Å². The van der Waals surface area contributed by atoms with Gasteiger partial charge in [0.15, 0.2) is 5.58 Å². The fraction of sp³-hybridized carbons (Fsp3) is 0.0667. The van der Waals surface area contributed by atoms with Crippen LogP contribution in [-0.2, 0) is 4.74 Å². The number of aromatic nitrogens is 1. The van der Waals surface area contributed by atoms with Gasteiger partial charge < -0.3 is 19.4 Å². The number of hydrogen-bond acceptors (Lipinski definition) is 6. The van der Waals surface area contributed by atoms with Crippen molar-refractivity contribution in [3.63, 3.8) is 0 Å². The van der Waals surface area contributed by atoms with Crippen molar-refractivity contribution in [2.45, 2.75) is 0 Å². The van der Waals surface area contributed by atoms with E-state index in [0.29, 0.717) is 11.1 Å². The molecular formula is C15H11NO5. The van der Waals surface area contributed by atoms with Crippen molar-refractivity contribution in [3.05, 3.63) is 42.0 Å². The van der Waals surface area contributed by atoms with Gasteiger partial charge in [0.1, 0.15) is 22.6 Å². The average Bonchev–Trinajstić information content (AvgIpc) is 2.92. The van der Waals surface area contributed by atoms with Gasteiger partial charge in [0, 0.05) is 0 Å². The lowest BCUT2D eigenvalue weighted by Gasteiger charge is -2.06. The number of ether oxygens (including phenoxy) is 1. The normalized spacial score (nSPS) is 10.7.